The molecule has 0 bridgehead atoms. The van der Waals surface area contributed by atoms with E-state index in [4.69, 9.17) is 0 Å². The van der Waals surface area contributed by atoms with Gasteiger partial charge in [0.05, 0.1) is 0 Å². The molecule has 0 radical (unpaired) electrons. The molecule has 2 N–H and O–H groups in total. The van der Waals surface area contributed by atoms with E-state index in [-0.39, 0.29) is 17.4 Å². The van der Waals surface area contributed by atoms with Gasteiger partial charge in [0.25, 0.3) is 0 Å². The molecule has 1 aliphatic rings. The summed E-state index contributed by atoms with van der Waals surface area (Å²) in [5, 5.41) is 6.15. The molecule has 1 amide bonds. The van der Waals surface area contributed by atoms with Crippen molar-refractivity contribution in [3.8, 4) is 11.1 Å². The van der Waals surface area contributed by atoms with E-state index in [1.807, 2.05) is 0 Å². The largest absolute Gasteiger partial charge is 0.326 e. The predicted molar refractivity (Wildman–Crippen MR) is 99.8 cm³/mol. The number of halogens is 3. The van der Waals surface area contributed by atoms with Crippen molar-refractivity contribution >= 4 is 11.6 Å². The van der Waals surface area contributed by atoms with Crippen LogP contribution in [0.2, 0.25) is 0 Å². The lowest BCUT2D eigenvalue weighted by atomic mass is 9.84. The van der Waals surface area contributed by atoms with E-state index in [0.29, 0.717) is 23.6 Å². The third-order valence-electron chi connectivity index (χ3n) is 5.19. The number of nitrogens with one attached hydrogen (secondary N) is 2. The van der Waals surface area contributed by atoms with Gasteiger partial charge in [0.15, 0.2) is 17.5 Å². The van der Waals surface area contributed by atoms with Crippen LogP contribution in [0.1, 0.15) is 26.2 Å². The lowest BCUT2D eigenvalue weighted by molar-refractivity contribution is -0.117. The van der Waals surface area contributed by atoms with Gasteiger partial charge in [-0.3, -0.25) is 4.79 Å². The van der Waals surface area contributed by atoms with E-state index in [1.54, 1.807) is 24.3 Å². The Kier molecular flexibility index (Phi) is 6.16. The Bertz CT molecular complexity index is 796. The second-order valence-electron chi connectivity index (χ2n) is 7.12. The van der Waals surface area contributed by atoms with Crippen molar-refractivity contribution in [1.29, 1.82) is 0 Å². The van der Waals surface area contributed by atoms with Crippen LogP contribution in [0.15, 0.2) is 36.4 Å². The van der Waals surface area contributed by atoms with E-state index < -0.39 is 17.5 Å². The van der Waals surface area contributed by atoms with Crippen molar-refractivity contribution in [2.24, 2.45) is 11.8 Å². The lowest BCUT2D eigenvalue weighted by Gasteiger charge is -2.28. The molecule has 0 spiro atoms. The number of piperidine rings is 1. The number of hydrogen-bond donors (Lipinski definition) is 2. The molecule has 2 aromatic carbocycles. The van der Waals surface area contributed by atoms with Crippen LogP contribution in [0, 0.1) is 29.3 Å². The predicted octanol–water partition coefficient (Wildman–Crippen LogP) is 4.74. The first-order chi connectivity index (χ1) is 13.0. The number of anilines is 1. The third-order valence-corrected chi connectivity index (χ3v) is 5.19. The third kappa shape index (κ3) is 4.69. The Morgan fingerprint density at radius 1 is 1.15 bits per heavy atom. The van der Waals surface area contributed by atoms with E-state index in [0.717, 1.165) is 38.1 Å². The smallest absolute Gasteiger partial charge is 0.224 e. The minimum absolute atomic E-state index is 0.142. The molecule has 6 heteroatoms. The maximum absolute atomic E-state index is 13.6. The van der Waals surface area contributed by atoms with Crippen LogP contribution in [-0.4, -0.2) is 19.0 Å². The van der Waals surface area contributed by atoms with E-state index in [2.05, 4.69) is 17.6 Å². The highest BCUT2D eigenvalue weighted by atomic mass is 19.2. The Morgan fingerprint density at radius 3 is 2.44 bits per heavy atom. The maximum Gasteiger partial charge on any atom is 0.224 e. The molecule has 1 unspecified atom stereocenters. The summed E-state index contributed by atoms with van der Waals surface area (Å²) < 4.78 is 40.4. The van der Waals surface area contributed by atoms with Crippen LogP contribution in [0.4, 0.5) is 18.9 Å². The zero-order valence-corrected chi connectivity index (χ0v) is 15.2. The second-order valence-corrected chi connectivity index (χ2v) is 7.12. The first kappa shape index (κ1) is 19.4. The summed E-state index contributed by atoms with van der Waals surface area (Å²) >= 11 is 0. The van der Waals surface area contributed by atoms with Gasteiger partial charge in [-0.05, 0) is 61.5 Å². The Balaban J connectivity index is 1.75. The number of rotatable bonds is 5. The average molecular weight is 376 g/mol. The molecule has 3 rings (SSSR count). The molecular formula is C21H23F3N2O. The average Bonchev–Trinajstić information content (AvgIpc) is 2.66. The van der Waals surface area contributed by atoms with E-state index in [9.17, 15) is 18.0 Å². The highest BCUT2D eigenvalue weighted by Crippen LogP contribution is 2.31. The Morgan fingerprint density at radius 2 is 1.78 bits per heavy atom. The minimum Gasteiger partial charge on any atom is -0.326 e. The number of benzene rings is 2. The molecule has 27 heavy (non-hydrogen) atoms. The summed E-state index contributed by atoms with van der Waals surface area (Å²) in [5.41, 5.74) is 1.07. The van der Waals surface area contributed by atoms with Crippen molar-refractivity contribution in [1.82, 2.24) is 5.32 Å². The van der Waals surface area contributed by atoms with Gasteiger partial charge in [-0.25, -0.2) is 13.2 Å². The second kappa shape index (κ2) is 8.57. The molecular weight excluding hydrogens is 353 g/mol. The monoisotopic (exact) mass is 376 g/mol. The van der Waals surface area contributed by atoms with Crippen molar-refractivity contribution in [2.45, 2.75) is 26.2 Å². The molecule has 1 saturated heterocycles. The van der Waals surface area contributed by atoms with Crippen LogP contribution in [0.25, 0.3) is 11.1 Å². The minimum atomic E-state index is -1.50. The normalized spacial score (nSPS) is 16.1. The zero-order chi connectivity index (χ0) is 19.4. The molecule has 1 aliphatic heterocycles. The topological polar surface area (TPSA) is 41.1 Å². The van der Waals surface area contributed by atoms with Crippen molar-refractivity contribution in [2.75, 3.05) is 18.4 Å². The molecule has 1 fully saturated rings. The molecule has 3 nitrogen and oxygen atoms in total. The summed E-state index contributed by atoms with van der Waals surface area (Å²) in [4.78, 5) is 12.5. The standard InChI is InChI=1S/C21H23F3N2O/c1-13(14-6-8-25-9-7-14)10-20(27)26-19-5-3-2-4-16(19)15-11-17(22)21(24)18(23)12-15/h2-5,11-14,25H,6-10H2,1H3,(H,26,27). The number of carbonyl (C=O) groups excluding carboxylic acids is 1. The summed E-state index contributed by atoms with van der Waals surface area (Å²) in [6, 6.07) is 8.59. The van der Waals surface area contributed by atoms with Gasteiger partial charge in [0.1, 0.15) is 0 Å². The van der Waals surface area contributed by atoms with Crippen molar-refractivity contribution < 1.29 is 18.0 Å². The summed E-state index contributed by atoms with van der Waals surface area (Å²) in [7, 11) is 0. The van der Waals surface area contributed by atoms with Crippen LogP contribution < -0.4 is 10.6 Å². The Labute approximate surface area is 157 Å². The molecule has 144 valence electrons. The maximum atomic E-state index is 13.6. The quantitative estimate of drug-likeness (QED) is 0.741. The molecule has 1 atom stereocenters. The summed E-state index contributed by atoms with van der Waals surface area (Å²) in [5.74, 6) is -3.41. The van der Waals surface area contributed by atoms with Crippen LogP contribution in [-0.2, 0) is 4.79 Å². The number of hydrogen-bond acceptors (Lipinski definition) is 2. The van der Waals surface area contributed by atoms with Crippen molar-refractivity contribution in [3.05, 3.63) is 53.8 Å². The summed E-state index contributed by atoms with van der Waals surface area (Å²) in [6.07, 6.45) is 2.49. The van der Waals surface area contributed by atoms with E-state index >= 15 is 0 Å². The molecule has 1 heterocycles. The molecule has 0 aliphatic carbocycles. The molecule has 2 aromatic rings. The number of para-hydroxylation sites is 1. The van der Waals surface area contributed by atoms with Gasteiger partial charge in [-0.2, -0.15) is 0 Å². The first-order valence-electron chi connectivity index (χ1n) is 9.20. The van der Waals surface area contributed by atoms with Gasteiger partial charge in [-0.1, -0.05) is 25.1 Å². The van der Waals surface area contributed by atoms with Gasteiger partial charge in [0.2, 0.25) is 5.91 Å². The van der Waals surface area contributed by atoms with Gasteiger partial charge in [-0.15, -0.1) is 0 Å². The van der Waals surface area contributed by atoms with Crippen LogP contribution >= 0.6 is 0 Å². The lowest BCUT2D eigenvalue weighted by Crippen LogP contribution is -2.32. The Hall–Kier alpha value is -2.34. The summed E-state index contributed by atoms with van der Waals surface area (Å²) in [6.45, 7) is 4.02. The van der Waals surface area contributed by atoms with Gasteiger partial charge < -0.3 is 10.6 Å². The number of carbonyl (C=O) groups is 1. The fourth-order valence-electron chi connectivity index (χ4n) is 3.63. The van der Waals surface area contributed by atoms with Crippen molar-refractivity contribution in [3.63, 3.8) is 0 Å². The van der Waals surface area contributed by atoms with Crippen LogP contribution in [0.5, 0.6) is 0 Å². The molecule has 0 saturated carbocycles. The highest BCUT2D eigenvalue weighted by Gasteiger charge is 2.22. The van der Waals surface area contributed by atoms with Crippen LogP contribution in [0.3, 0.4) is 0 Å². The number of amides is 1. The SMILES string of the molecule is CC(CC(=O)Nc1ccccc1-c1cc(F)c(F)c(F)c1)C1CCNCC1. The van der Waals surface area contributed by atoms with Gasteiger partial charge in [0, 0.05) is 17.7 Å². The highest BCUT2D eigenvalue weighted by molar-refractivity contribution is 5.95. The molecule has 0 aromatic heterocycles. The fraction of sp³-hybridized carbons (Fsp3) is 0.381. The fourth-order valence-corrected chi connectivity index (χ4v) is 3.63. The first-order valence-corrected chi connectivity index (χ1v) is 9.20. The zero-order valence-electron chi connectivity index (χ0n) is 15.2. The van der Waals surface area contributed by atoms with E-state index in [1.165, 1.54) is 0 Å². The van der Waals surface area contributed by atoms with Gasteiger partial charge >= 0.3 is 0 Å².